The van der Waals surface area contributed by atoms with E-state index in [1.54, 1.807) is 6.92 Å². The van der Waals surface area contributed by atoms with Gasteiger partial charge in [0, 0.05) is 48.3 Å². The van der Waals surface area contributed by atoms with E-state index in [1.807, 2.05) is 30.0 Å². The molecule has 1 atom stereocenters. The van der Waals surface area contributed by atoms with Crippen molar-refractivity contribution >= 4 is 34.9 Å². The zero-order valence-electron chi connectivity index (χ0n) is 16.3. The molecule has 29 heavy (non-hydrogen) atoms. The van der Waals surface area contributed by atoms with Crippen LogP contribution in [-0.4, -0.2) is 56.6 Å². The molecule has 1 fully saturated rings. The molecule has 0 bridgehead atoms. The highest BCUT2D eigenvalue weighted by molar-refractivity contribution is 6.35. The van der Waals surface area contributed by atoms with E-state index < -0.39 is 4.92 Å². The molecule has 1 aliphatic rings. The van der Waals surface area contributed by atoms with Gasteiger partial charge in [0.2, 0.25) is 5.91 Å². The summed E-state index contributed by atoms with van der Waals surface area (Å²) in [5.41, 5.74) is 1.57. The van der Waals surface area contributed by atoms with Crippen LogP contribution >= 0.6 is 23.2 Å². The fraction of sp³-hybridized carbons (Fsp3) is 0.474. The second-order valence-electron chi connectivity index (χ2n) is 7.29. The number of benzene rings is 1. The van der Waals surface area contributed by atoms with Gasteiger partial charge in [-0.1, -0.05) is 36.2 Å². The number of nitrogens with zero attached hydrogens (tertiary/aromatic N) is 5. The van der Waals surface area contributed by atoms with Crippen LogP contribution in [0.1, 0.15) is 18.2 Å². The molecule has 1 aliphatic heterocycles. The molecule has 0 N–H and O–H groups in total. The number of aromatic nitrogens is 2. The molecule has 2 heterocycles. The first kappa shape index (κ1) is 21.5. The van der Waals surface area contributed by atoms with Gasteiger partial charge in [-0.15, -0.1) is 0 Å². The van der Waals surface area contributed by atoms with Gasteiger partial charge in [-0.2, -0.15) is 4.68 Å². The highest BCUT2D eigenvalue weighted by Gasteiger charge is 2.27. The summed E-state index contributed by atoms with van der Waals surface area (Å²) in [5, 5.41) is 16.1. The Morgan fingerprint density at radius 2 is 1.86 bits per heavy atom. The molecular formula is C19H23Cl2N5O3. The fourth-order valence-corrected chi connectivity index (χ4v) is 3.97. The molecule has 156 valence electrons. The van der Waals surface area contributed by atoms with E-state index in [4.69, 9.17) is 23.2 Å². The zero-order valence-corrected chi connectivity index (χ0v) is 17.9. The van der Waals surface area contributed by atoms with Crippen molar-refractivity contribution in [3.05, 3.63) is 55.7 Å². The number of nitro groups is 1. The summed E-state index contributed by atoms with van der Waals surface area (Å²) in [4.78, 5) is 27.2. The Kier molecular flexibility index (Phi) is 6.77. The Morgan fingerprint density at radius 3 is 2.41 bits per heavy atom. The van der Waals surface area contributed by atoms with Crippen molar-refractivity contribution in [3.8, 4) is 0 Å². The average Bonchev–Trinajstić information content (AvgIpc) is 3.05. The lowest BCUT2D eigenvalue weighted by Gasteiger charge is -2.36. The topological polar surface area (TPSA) is 84.5 Å². The van der Waals surface area contributed by atoms with Crippen molar-refractivity contribution in [2.75, 3.05) is 26.2 Å². The van der Waals surface area contributed by atoms with E-state index >= 15 is 0 Å². The highest BCUT2D eigenvalue weighted by Crippen LogP contribution is 2.26. The van der Waals surface area contributed by atoms with Crippen LogP contribution < -0.4 is 0 Å². The van der Waals surface area contributed by atoms with Gasteiger partial charge in [-0.05, 0) is 24.0 Å². The standard InChI is InChI=1S/C19H23Cl2N5O3/c1-13(11-25-14(2)10-18(22-25)26(28)29)19(27)24-8-6-23(7-9-24)12-15-16(20)4-3-5-17(15)21/h3-5,10,13H,6-9,11-12H2,1-2H3. The molecule has 1 saturated heterocycles. The Bertz CT molecular complexity index is 889. The van der Waals surface area contributed by atoms with E-state index in [2.05, 4.69) is 10.00 Å². The summed E-state index contributed by atoms with van der Waals surface area (Å²) in [6.45, 7) is 7.21. The summed E-state index contributed by atoms with van der Waals surface area (Å²) < 4.78 is 1.52. The van der Waals surface area contributed by atoms with Gasteiger partial charge >= 0.3 is 5.82 Å². The van der Waals surface area contributed by atoms with Gasteiger partial charge in [0.05, 0.1) is 29.3 Å². The molecule has 0 saturated carbocycles. The molecule has 0 spiro atoms. The first-order valence-corrected chi connectivity index (χ1v) is 10.1. The lowest BCUT2D eigenvalue weighted by molar-refractivity contribution is -0.389. The third-order valence-corrected chi connectivity index (χ3v) is 5.86. The van der Waals surface area contributed by atoms with Gasteiger partial charge in [-0.3, -0.25) is 9.69 Å². The van der Waals surface area contributed by atoms with Gasteiger partial charge in [0.15, 0.2) is 0 Å². The second-order valence-corrected chi connectivity index (χ2v) is 8.10. The highest BCUT2D eigenvalue weighted by atomic mass is 35.5. The van der Waals surface area contributed by atoms with E-state index in [0.717, 1.165) is 18.7 Å². The first-order chi connectivity index (χ1) is 13.8. The summed E-state index contributed by atoms with van der Waals surface area (Å²) >= 11 is 12.5. The first-order valence-electron chi connectivity index (χ1n) is 9.39. The number of amides is 1. The van der Waals surface area contributed by atoms with Crippen LogP contribution in [0.4, 0.5) is 5.82 Å². The van der Waals surface area contributed by atoms with Crippen LogP contribution in [0.15, 0.2) is 24.3 Å². The Balaban J connectivity index is 1.55. The molecule has 1 unspecified atom stereocenters. The van der Waals surface area contributed by atoms with Crippen molar-refractivity contribution in [1.82, 2.24) is 19.6 Å². The smallest absolute Gasteiger partial charge is 0.358 e. The minimum absolute atomic E-state index is 0.0259. The van der Waals surface area contributed by atoms with E-state index in [-0.39, 0.29) is 17.6 Å². The monoisotopic (exact) mass is 439 g/mol. The number of halogens is 2. The molecule has 10 heteroatoms. The number of carbonyl (C=O) groups excluding carboxylic acids is 1. The van der Waals surface area contributed by atoms with Crippen molar-refractivity contribution < 1.29 is 9.72 Å². The molecule has 3 rings (SSSR count). The molecule has 1 aromatic carbocycles. The maximum absolute atomic E-state index is 12.8. The SMILES string of the molecule is Cc1cc([N+](=O)[O-])nn1CC(C)C(=O)N1CCN(Cc2c(Cl)cccc2Cl)CC1. The quantitative estimate of drug-likeness (QED) is 0.508. The van der Waals surface area contributed by atoms with E-state index in [1.165, 1.54) is 10.7 Å². The Morgan fingerprint density at radius 1 is 1.24 bits per heavy atom. The number of carbonyl (C=O) groups is 1. The predicted molar refractivity (Wildman–Crippen MR) is 111 cm³/mol. The molecule has 0 radical (unpaired) electrons. The van der Waals surface area contributed by atoms with Gasteiger partial charge in [0.25, 0.3) is 0 Å². The van der Waals surface area contributed by atoms with Crippen molar-refractivity contribution in [1.29, 1.82) is 0 Å². The van der Waals surface area contributed by atoms with Gasteiger partial charge < -0.3 is 15.0 Å². The molecule has 1 amide bonds. The van der Waals surface area contributed by atoms with Crippen molar-refractivity contribution in [2.24, 2.45) is 5.92 Å². The predicted octanol–water partition coefficient (Wildman–Crippen LogP) is 3.39. The van der Waals surface area contributed by atoms with Gasteiger partial charge in [-0.25, -0.2) is 0 Å². The third kappa shape index (κ3) is 5.07. The molecule has 1 aromatic heterocycles. The summed E-state index contributed by atoms with van der Waals surface area (Å²) in [5.74, 6) is -0.496. The number of piperazine rings is 1. The number of hydrogen-bond donors (Lipinski definition) is 0. The molecule has 8 nitrogen and oxygen atoms in total. The fourth-order valence-electron chi connectivity index (χ4n) is 3.45. The zero-order chi connectivity index (χ0) is 21.1. The molecule has 2 aromatic rings. The Labute approximate surface area is 179 Å². The lowest BCUT2D eigenvalue weighted by Crippen LogP contribution is -2.50. The normalized spacial score (nSPS) is 16.1. The van der Waals surface area contributed by atoms with E-state index in [9.17, 15) is 14.9 Å². The maximum Gasteiger partial charge on any atom is 0.390 e. The van der Waals surface area contributed by atoms with Crippen LogP contribution in [0.3, 0.4) is 0 Å². The third-order valence-electron chi connectivity index (χ3n) is 5.15. The lowest BCUT2D eigenvalue weighted by atomic mass is 10.1. The number of hydrogen-bond acceptors (Lipinski definition) is 5. The molecule has 0 aliphatic carbocycles. The van der Waals surface area contributed by atoms with Crippen LogP contribution in [0.5, 0.6) is 0 Å². The molecular weight excluding hydrogens is 417 g/mol. The maximum atomic E-state index is 12.8. The van der Waals surface area contributed by atoms with Gasteiger partial charge in [0.1, 0.15) is 0 Å². The number of aryl methyl sites for hydroxylation is 1. The van der Waals surface area contributed by atoms with E-state index in [0.29, 0.717) is 41.9 Å². The largest absolute Gasteiger partial charge is 0.390 e. The minimum atomic E-state index is -0.527. The van der Waals surface area contributed by atoms with Crippen LogP contribution in [-0.2, 0) is 17.9 Å². The second kappa shape index (κ2) is 9.11. The summed E-state index contributed by atoms with van der Waals surface area (Å²) in [7, 11) is 0. The van der Waals surface area contributed by atoms with Crippen molar-refractivity contribution in [2.45, 2.75) is 26.9 Å². The van der Waals surface area contributed by atoms with Crippen LogP contribution in [0.2, 0.25) is 10.0 Å². The minimum Gasteiger partial charge on any atom is -0.358 e. The summed E-state index contributed by atoms with van der Waals surface area (Å²) in [6.07, 6.45) is 0. The van der Waals surface area contributed by atoms with Crippen molar-refractivity contribution in [3.63, 3.8) is 0 Å². The summed E-state index contributed by atoms with van der Waals surface area (Å²) in [6, 6.07) is 6.88. The van der Waals surface area contributed by atoms with Crippen LogP contribution in [0, 0.1) is 23.0 Å². The van der Waals surface area contributed by atoms with Crippen LogP contribution in [0.25, 0.3) is 0 Å². The average molecular weight is 440 g/mol. The number of rotatable bonds is 6. The Hall–Kier alpha value is -2.16.